The van der Waals surface area contributed by atoms with E-state index >= 15 is 0 Å². The molecule has 0 saturated carbocycles. The van der Waals surface area contributed by atoms with E-state index in [1.165, 1.54) is 0 Å². The Labute approximate surface area is 147 Å². The molecule has 3 heterocycles. The average molecular weight is 344 g/mol. The van der Waals surface area contributed by atoms with E-state index < -0.39 is 0 Å². The molecule has 3 rings (SSSR count). The van der Waals surface area contributed by atoms with E-state index in [1.54, 1.807) is 6.20 Å². The summed E-state index contributed by atoms with van der Waals surface area (Å²) in [5.74, 6) is 1.46. The fourth-order valence-electron chi connectivity index (χ4n) is 3.13. The van der Waals surface area contributed by atoms with E-state index in [0.29, 0.717) is 11.4 Å². The van der Waals surface area contributed by atoms with Gasteiger partial charge in [-0.05, 0) is 39.8 Å². The molecule has 25 heavy (non-hydrogen) atoms. The van der Waals surface area contributed by atoms with Crippen molar-refractivity contribution in [3.63, 3.8) is 0 Å². The Morgan fingerprint density at radius 1 is 1.28 bits per heavy atom. The number of carbonyl (C=O) groups excluding carboxylic acids is 1. The van der Waals surface area contributed by atoms with Gasteiger partial charge in [-0.1, -0.05) is 5.16 Å². The van der Waals surface area contributed by atoms with E-state index in [1.807, 2.05) is 26.0 Å². The molecule has 2 aromatic rings. The van der Waals surface area contributed by atoms with Crippen LogP contribution in [-0.4, -0.2) is 41.3 Å². The van der Waals surface area contributed by atoms with Gasteiger partial charge in [-0.2, -0.15) is 0 Å². The van der Waals surface area contributed by atoms with Gasteiger partial charge in [0.25, 0.3) is 0 Å². The first kappa shape index (κ1) is 17.4. The molecule has 1 saturated heterocycles. The predicted octanol–water partition coefficient (Wildman–Crippen LogP) is 2.48. The Balaban J connectivity index is 1.61. The molecular formula is C18H24N4O3. The molecule has 1 amide bonds. The minimum Gasteiger partial charge on any atom is -0.372 e. The van der Waals surface area contributed by atoms with Gasteiger partial charge >= 0.3 is 0 Å². The third kappa shape index (κ3) is 4.17. The summed E-state index contributed by atoms with van der Waals surface area (Å²) in [4.78, 5) is 18.9. The molecule has 2 aromatic heterocycles. The Kier molecular flexibility index (Phi) is 5.03. The van der Waals surface area contributed by atoms with Crippen molar-refractivity contribution in [3.05, 3.63) is 35.3 Å². The summed E-state index contributed by atoms with van der Waals surface area (Å²) in [5, 5.41) is 6.74. The molecule has 0 aromatic carbocycles. The third-order valence-corrected chi connectivity index (χ3v) is 4.29. The molecule has 7 heteroatoms. The summed E-state index contributed by atoms with van der Waals surface area (Å²) in [6, 6.07) is 3.80. The van der Waals surface area contributed by atoms with Crippen LogP contribution < -0.4 is 10.2 Å². The fourth-order valence-corrected chi connectivity index (χ4v) is 3.13. The normalized spacial score (nSPS) is 20.6. The van der Waals surface area contributed by atoms with Crippen LogP contribution in [0.25, 0.3) is 0 Å². The van der Waals surface area contributed by atoms with Crippen LogP contribution in [0.15, 0.2) is 22.9 Å². The lowest BCUT2D eigenvalue weighted by atomic mass is 10.1. The van der Waals surface area contributed by atoms with Gasteiger partial charge in [0.15, 0.2) is 0 Å². The first-order valence-corrected chi connectivity index (χ1v) is 8.50. The number of hydrogen-bond acceptors (Lipinski definition) is 6. The number of nitrogens with zero attached hydrogens (tertiary/aromatic N) is 3. The third-order valence-electron chi connectivity index (χ3n) is 4.29. The van der Waals surface area contributed by atoms with Crippen molar-refractivity contribution in [1.82, 2.24) is 10.1 Å². The van der Waals surface area contributed by atoms with Crippen molar-refractivity contribution in [2.75, 3.05) is 23.3 Å². The number of nitrogens with one attached hydrogen (secondary N) is 1. The van der Waals surface area contributed by atoms with Crippen molar-refractivity contribution in [1.29, 1.82) is 0 Å². The molecule has 0 radical (unpaired) electrons. The largest absolute Gasteiger partial charge is 0.372 e. The maximum Gasteiger partial charge on any atom is 0.229 e. The summed E-state index contributed by atoms with van der Waals surface area (Å²) in [6.07, 6.45) is 2.28. The first-order valence-electron chi connectivity index (χ1n) is 8.50. The zero-order valence-corrected chi connectivity index (χ0v) is 15.1. The Morgan fingerprint density at radius 2 is 2.00 bits per heavy atom. The van der Waals surface area contributed by atoms with Crippen LogP contribution >= 0.6 is 0 Å². The predicted molar refractivity (Wildman–Crippen MR) is 94.8 cm³/mol. The highest BCUT2D eigenvalue weighted by atomic mass is 16.5. The molecule has 0 bridgehead atoms. The molecule has 134 valence electrons. The monoisotopic (exact) mass is 344 g/mol. The molecule has 0 unspecified atom stereocenters. The Morgan fingerprint density at radius 3 is 2.56 bits per heavy atom. The molecule has 1 aliphatic heterocycles. The lowest BCUT2D eigenvalue weighted by Crippen LogP contribution is -2.45. The Bertz CT molecular complexity index is 712. The number of rotatable bonds is 4. The number of ether oxygens (including phenoxy) is 1. The van der Waals surface area contributed by atoms with Crippen LogP contribution in [0.4, 0.5) is 11.5 Å². The van der Waals surface area contributed by atoms with Gasteiger partial charge in [0.1, 0.15) is 11.6 Å². The van der Waals surface area contributed by atoms with Crippen LogP contribution in [-0.2, 0) is 16.0 Å². The van der Waals surface area contributed by atoms with Gasteiger partial charge in [-0.25, -0.2) is 4.98 Å². The number of carbonyl (C=O) groups is 1. The van der Waals surface area contributed by atoms with Crippen molar-refractivity contribution in [3.8, 4) is 0 Å². The second kappa shape index (κ2) is 7.23. The van der Waals surface area contributed by atoms with E-state index in [2.05, 4.69) is 34.2 Å². The SMILES string of the molecule is Cc1noc(C)c1CC(=O)Nc1ccc(N2C[C@H](C)O[C@@H](C)C2)nc1. The summed E-state index contributed by atoms with van der Waals surface area (Å²) < 4.78 is 10.8. The lowest BCUT2D eigenvalue weighted by Gasteiger charge is -2.36. The van der Waals surface area contributed by atoms with Gasteiger partial charge in [0.2, 0.25) is 5.91 Å². The molecule has 1 N–H and O–H groups in total. The van der Waals surface area contributed by atoms with E-state index in [4.69, 9.17) is 9.26 Å². The van der Waals surface area contributed by atoms with Crippen LogP contribution in [0.1, 0.15) is 30.9 Å². The maximum atomic E-state index is 12.2. The number of morpholine rings is 1. The van der Waals surface area contributed by atoms with Gasteiger partial charge in [-0.15, -0.1) is 0 Å². The van der Waals surface area contributed by atoms with Crippen molar-refractivity contribution < 1.29 is 14.1 Å². The summed E-state index contributed by atoms with van der Waals surface area (Å²) >= 11 is 0. The number of hydrogen-bond donors (Lipinski definition) is 1. The van der Waals surface area contributed by atoms with E-state index in [9.17, 15) is 4.79 Å². The van der Waals surface area contributed by atoms with Gasteiger partial charge in [-0.3, -0.25) is 4.79 Å². The van der Waals surface area contributed by atoms with Gasteiger partial charge in [0.05, 0.1) is 36.2 Å². The fraction of sp³-hybridized carbons (Fsp3) is 0.500. The molecule has 1 aliphatic rings. The second-order valence-corrected chi connectivity index (χ2v) is 6.60. The van der Waals surface area contributed by atoms with Crippen LogP contribution in [0.3, 0.4) is 0 Å². The lowest BCUT2D eigenvalue weighted by molar-refractivity contribution is -0.115. The standard InChI is InChI=1S/C18H24N4O3/c1-11-9-22(10-12(2)24-11)17-6-5-15(8-19-17)20-18(23)7-16-13(3)21-25-14(16)4/h5-6,8,11-12H,7,9-10H2,1-4H3,(H,20,23)/t11-,12-/m0/s1. The zero-order chi connectivity index (χ0) is 18.0. The summed E-state index contributed by atoms with van der Waals surface area (Å²) in [5.41, 5.74) is 2.25. The van der Waals surface area contributed by atoms with Crippen LogP contribution in [0, 0.1) is 13.8 Å². The zero-order valence-electron chi connectivity index (χ0n) is 15.1. The van der Waals surface area contributed by atoms with Crippen LogP contribution in [0.2, 0.25) is 0 Å². The van der Waals surface area contributed by atoms with Crippen LogP contribution in [0.5, 0.6) is 0 Å². The highest BCUT2D eigenvalue weighted by Crippen LogP contribution is 2.20. The van der Waals surface area contributed by atoms with Crippen molar-refractivity contribution >= 4 is 17.4 Å². The van der Waals surface area contributed by atoms with Gasteiger partial charge < -0.3 is 19.5 Å². The highest BCUT2D eigenvalue weighted by molar-refractivity contribution is 5.92. The molecular weight excluding hydrogens is 320 g/mol. The maximum absolute atomic E-state index is 12.2. The van der Waals surface area contributed by atoms with Crippen molar-refractivity contribution in [2.24, 2.45) is 0 Å². The number of anilines is 2. The minimum atomic E-state index is -0.113. The number of pyridine rings is 1. The number of amides is 1. The van der Waals surface area contributed by atoms with Crippen molar-refractivity contribution in [2.45, 2.75) is 46.3 Å². The first-order chi connectivity index (χ1) is 11.9. The Hall–Kier alpha value is -2.41. The van der Waals surface area contributed by atoms with E-state index in [0.717, 1.165) is 30.2 Å². The quantitative estimate of drug-likeness (QED) is 0.918. The topological polar surface area (TPSA) is 80.5 Å². The highest BCUT2D eigenvalue weighted by Gasteiger charge is 2.23. The smallest absolute Gasteiger partial charge is 0.229 e. The molecule has 0 aliphatic carbocycles. The molecule has 0 spiro atoms. The summed E-state index contributed by atoms with van der Waals surface area (Å²) in [6.45, 7) is 9.39. The average Bonchev–Trinajstić information content (AvgIpc) is 2.86. The molecule has 1 fully saturated rings. The minimum absolute atomic E-state index is 0.113. The number of aromatic nitrogens is 2. The molecule has 2 atom stereocenters. The number of aryl methyl sites for hydroxylation is 2. The molecule has 7 nitrogen and oxygen atoms in total. The summed E-state index contributed by atoms with van der Waals surface area (Å²) in [7, 11) is 0. The second-order valence-electron chi connectivity index (χ2n) is 6.60. The van der Waals surface area contributed by atoms with E-state index in [-0.39, 0.29) is 24.5 Å². The van der Waals surface area contributed by atoms with Gasteiger partial charge in [0, 0.05) is 18.7 Å².